The number of methoxy groups -OCH3 is 4. The maximum Gasteiger partial charge on any atom is 0.407 e. The summed E-state index contributed by atoms with van der Waals surface area (Å²) in [6.45, 7) is 3.57. The molecule has 0 radical (unpaired) electrons. The Morgan fingerprint density at radius 2 is 1.71 bits per heavy atom. The van der Waals surface area contributed by atoms with Crippen LogP contribution in [-0.4, -0.2) is 114 Å². The molecule has 5 atom stereocenters. The maximum atomic E-state index is 14.5. The van der Waals surface area contributed by atoms with Crippen LogP contribution < -0.4 is 15.4 Å². The van der Waals surface area contributed by atoms with Crippen LogP contribution >= 0.6 is 0 Å². The minimum Gasteiger partial charge on any atom is -0.488 e. The Morgan fingerprint density at radius 3 is 2.47 bits per heavy atom. The van der Waals surface area contributed by atoms with E-state index in [1.165, 1.54) is 21.3 Å². The van der Waals surface area contributed by atoms with Crippen molar-refractivity contribution in [3.8, 4) is 28.1 Å². The molecular formula is C49H54N8O9. The largest absolute Gasteiger partial charge is 0.488 e. The molecule has 66 heavy (non-hydrogen) atoms. The van der Waals surface area contributed by atoms with Gasteiger partial charge in [-0.1, -0.05) is 55.5 Å². The van der Waals surface area contributed by atoms with E-state index in [2.05, 4.69) is 50.9 Å². The maximum absolute atomic E-state index is 14.5. The highest BCUT2D eigenvalue weighted by molar-refractivity contribution is 6.07. The quantitative estimate of drug-likeness (QED) is 0.0920. The molecule has 4 amide bonds. The molecule has 17 heteroatoms. The molecule has 9 rings (SSSR count). The summed E-state index contributed by atoms with van der Waals surface area (Å²) in [7, 11) is 5.69. The fourth-order valence-electron chi connectivity index (χ4n) is 9.90. The zero-order chi connectivity index (χ0) is 46.1. The molecule has 3 aliphatic heterocycles. The minimum atomic E-state index is -1.34. The number of hydrogen-bond donors (Lipinski definition) is 4. The van der Waals surface area contributed by atoms with Gasteiger partial charge < -0.3 is 54.1 Å². The topological polar surface area (TPSA) is 202 Å². The smallest absolute Gasteiger partial charge is 0.407 e. The second-order valence-corrected chi connectivity index (χ2v) is 17.2. The summed E-state index contributed by atoms with van der Waals surface area (Å²) >= 11 is 0. The van der Waals surface area contributed by atoms with E-state index < -0.39 is 29.8 Å². The Hall–Kier alpha value is -6.98. The number of nitrogens with one attached hydrogen (secondary N) is 4. The van der Waals surface area contributed by atoms with Gasteiger partial charge in [0.05, 0.1) is 62.4 Å². The van der Waals surface area contributed by atoms with E-state index in [1.807, 2.05) is 49.4 Å². The van der Waals surface area contributed by atoms with Gasteiger partial charge in [-0.15, -0.1) is 0 Å². The van der Waals surface area contributed by atoms with Crippen molar-refractivity contribution in [2.24, 2.45) is 5.92 Å². The highest BCUT2D eigenvalue weighted by atomic mass is 16.5. The lowest BCUT2D eigenvalue weighted by Crippen LogP contribution is -2.62. The first kappa shape index (κ1) is 44.2. The van der Waals surface area contributed by atoms with Crippen LogP contribution in [0.15, 0.2) is 79.0 Å². The Kier molecular flexibility index (Phi) is 12.4. The van der Waals surface area contributed by atoms with Gasteiger partial charge in [0.2, 0.25) is 0 Å². The first-order valence-corrected chi connectivity index (χ1v) is 22.2. The molecule has 0 spiro atoms. The Morgan fingerprint density at radius 1 is 0.894 bits per heavy atom. The van der Waals surface area contributed by atoms with Gasteiger partial charge in [0.25, 0.3) is 11.8 Å². The lowest BCUT2D eigenvalue weighted by atomic mass is 9.92. The van der Waals surface area contributed by atoms with Crippen LogP contribution in [-0.2, 0) is 35.1 Å². The number of aromatic amines is 2. The molecule has 0 unspecified atom stereocenters. The molecule has 2 fully saturated rings. The van der Waals surface area contributed by atoms with E-state index in [1.54, 1.807) is 23.1 Å². The standard InChI is InChI=1S/C49H54N8O9/c1-6-49(27-63-3,55-48(61)65-5)46(59)57-24-28(25-62-2)19-39(57)44-51-36-17-15-30-21-35-33-16-14-31(20-32(33)26-66-40(35)22-34(30)42(36)53-44)37-23-50-43(52-37)38-13-10-18-56(38)45(58)41(54-47(60)64-4)29-11-8-7-9-12-29/h7-9,11-12,14-17,20-23,28,38-39,41H,6,10,13,18-19,24-27H2,1-5H3,(H,50,52)(H,51,53)(H,54,60)(H,55,61)/t28-,38-,39-,41+,49-/m0/s1. The third-order valence-corrected chi connectivity index (χ3v) is 13.2. The average molecular weight is 899 g/mol. The number of rotatable bonds is 13. The normalized spacial score (nSPS) is 19.1. The Balaban J connectivity index is 0.974. The highest BCUT2D eigenvalue weighted by Gasteiger charge is 2.48. The van der Waals surface area contributed by atoms with Crippen molar-refractivity contribution in [1.82, 2.24) is 40.4 Å². The molecule has 0 aliphatic carbocycles. The number of ether oxygens (including phenoxy) is 5. The number of hydrogen-bond acceptors (Lipinski definition) is 11. The number of benzene rings is 4. The van der Waals surface area contributed by atoms with Gasteiger partial charge in [0, 0.05) is 44.2 Å². The highest BCUT2D eigenvalue weighted by Crippen LogP contribution is 2.44. The fraction of sp³-hybridized carbons (Fsp3) is 0.388. The van der Waals surface area contributed by atoms with Gasteiger partial charge in [0.1, 0.15) is 35.6 Å². The predicted molar refractivity (Wildman–Crippen MR) is 244 cm³/mol. The van der Waals surface area contributed by atoms with Crippen molar-refractivity contribution in [3.63, 3.8) is 0 Å². The van der Waals surface area contributed by atoms with Crippen LogP contribution in [0.1, 0.15) is 73.5 Å². The van der Waals surface area contributed by atoms with E-state index in [-0.39, 0.29) is 36.8 Å². The van der Waals surface area contributed by atoms with Crippen molar-refractivity contribution in [1.29, 1.82) is 0 Å². The molecule has 0 saturated carbocycles. The van der Waals surface area contributed by atoms with E-state index >= 15 is 0 Å². The van der Waals surface area contributed by atoms with Gasteiger partial charge in [0.15, 0.2) is 0 Å². The minimum absolute atomic E-state index is 0.0290. The van der Waals surface area contributed by atoms with Crippen LogP contribution in [0, 0.1) is 5.92 Å². The summed E-state index contributed by atoms with van der Waals surface area (Å²) < 4.78 is 27.2. The van der Waals surface area contributed by atoms with Gasteiger partial charge in [-0.2, -0.15) is 0 Å². The monoisotopic (exact) mass is 898 g/mol. The number of carbonyl (C=O) groups is 4. The molecule has 17 nitrogen and oxygen atoms in total. The second kappa shape index (κ2) is 18.5. The number of H-pyrrole nitrogens is 2. The third kappa shape index (κ3) is 8.17. The number of amides is 4. The first-order chi connectivity index (χ1) is 32.1. The second-order valence-electron chi connectivity index (χ2n) is 17.2. The van der Waals surface area contributed by atoms with Crippen molar-refractivity contribution >= 4 is 45.8 Å². The van der Waals surface area contributed by atoms with Gasteiger partial charge >= 0.3 is 12.2 Å². The first-order valence-electron chi connectivity index (χ1n) is 22.2. The summed E-state index contributed by atoms with van der Waals surface area (Å²) in [6.07, 6.45) is 2.83. The van der Waals surface area contributed by atoms with Crippen molar-refractivity contribution < 1.29 is 42.9 Å². The SMILES string of the molecule is CC[C@@](COC)(NC(=O)OC)C(=O)N1C[C@@H](COC)C[C@H]1c1nc2c(ccc3cc4c(cc32)OCc2cc(-c3cnc([C@@H]5CCCN5C(=O)[C@H](NC(=O)OC)c5ccccc5)[nH]3)ccc2-4)[nH]1. The Bertz CT molecular complexity index is 2790. The molecule has 0 bridgehead atoms. The van der Waals surface area contributed by atoms with Gasteiger partial charge in [-0.05, 0) is 77.6 Å². The molecule has 5 heterocycles. The molecule has 3 aliphatic rings. The van der Waals surface area contributed by atoms with Crippen LogP contribution in [0.25, 0.3) is 44.2 Å². The molecule has 2 aromatic heterocycles. The van der Waals surface area contributed by atoms with E-state index in [0.717, 1.165) is 68.3 Å². The zero-order valence-electron chi connectivity index (χ0n) is 37.6. The lowest BCUT2D eigenvalue weighted by Gasteiger charge is -2.36. The van der Waals surface area contributed by atoms with Gasteiger partial charge in [-0.3, -0.25) is 9.59 Å². The number of fused-ring (bicyclic) bond motifs is 6. The van der Waals surface area contributed by atoms with E-state index in [0.29, 0.717) is 49.9 Å². The average Bonchev–Trinajstić information content (AvgIpc) is 4.19. The zero-order valence-corrected chi connectivity index (χ0v) is 37.6. The summed E-state index contributed by atoms with van der Waals surface area (Å²) in [5.41, 5.74) is 5.70. The summed E-state index contributed by atoms with van der Waals surface area (Å²) in [4.78, 5) is 73.8. The number of imidazole rings is 2. The van der Waals surface area contributed by atoms with Crippen LogP contribution in [0.4, 0.5) is 9.59 Å². The molecule has 6 aromatic rings. The van der Waals surface area contributed by atoms with Crippen LogP contribution in [0.5, 0.6) is 5.75 Å². The summed E-state index contributed by atoms with van der Waals surface area (Å²) in [5, 5.41) is 7.38. The van der Waals surface area contributed by atoms with Crippen LogP contribution in [0.2, 0.25) is 0 Å². The molecular weight excluding hydrogens is 845 g/mol. The summed E-state index contributed by atoms with van der Waals surface area (Å²) in [6, 6.07) is 22.1. The third-order valence-electron chi connectivity index (χ3n) is 13.2. The summed E-state index contributed by atoms with van der Waals surface area (Å²) in [5.74, 6) is 1.60. The molecule has 4 N–H and O–H groups in total. The van der Waals surface area contributed by atoms with Crippen molar-refractivity contribution in [3.05, 3.63) is 102 Å². The number of carbonyl (C=O) groups excluding carboxylic acids is 4. The fourth-order valence-corrected chi connectivity index (χ4v) is 9.90. The number of likely N-dealkylation sites (tertiary alicyclic amines) is 2. The van der Waals surface area contributed by atoms with Crippen molar-refractivity contribution in [2.45, 2.75) is 62.9 Å². The van der Waals surface area contributed by atoms with Gasteiger partial charge in [-0.25, -0.2) is 19.6 Å². The predicted octanol–water partition coefficient (Wildman–Crippen LogP) is 7.11. The number of nitrogens with zero attached hydrogens (tertiary/aromatic N) is 4. The van der Waals surface area contributed by atoms with E-state index in [9.17, 15) is 19.2 Å². The molecule has 4 aromatic carbocycles. The molecule has 344 valence electrons. The van der Waals surface area contributed by atoms with Crippen molar-refractivity contribution in [2.75, 3.05) is 54.7 Å². The molecule has 2 saturated heterocycles. The lowest BCUT2D eigenvalue weighted by molar-refractivity contribution is -0.142. The van der Waals surface area contributed by atoms with E-state index in [4.69, 9.17) is 33.7 Å². The Labute approximate surface area is 381 Å². The number of aromatic nitrogens is 4. The van der Waals surface area contributed by atoms with Crippen LogP contribution in [0.3, 0.4) is 0 Å². The number of alkyl carbamates (subject to hydrolysis) is 2.